The van der Waals surface area contributed by atoms with Crippen LogP contribution in [-0.2, 0) is 14.0 Å². The van der Waals surface area contributed by atoms with Crippen LogP contribution in [0.2, 0.25) is 18.1 Å². The van der Waals surface area contributed by atoms with Crippen LogP contribution >= 0.6 is 0 Å². The molecule has 2 bridgehead atoms. The molecule has 6 heteroatoms. The number of carbonyl (C=O) groups is 1. The van der Waals surface area contributed by atoms with Crippen molar-refractivity contribution in [2.45, 2.75) is 70.1 Å². The number of rotatable bonds is 6. The second-order valence-electron chi connectivity index (χ2n) is 9.30. The van der Waals surface area contributed by atoms with Gasteiger partial charge < -0.3 is 18.6 Å². The molecule has 154 valence electrons. The topological polar surface area (TPSA) is 54.0 Å². The van der Waals surface area contributed by atoms with Gasteiger partial charge in [0.15, 0.2) is 19.7 Å². The second-order valence-corrected chi connectivity index (χ2v) is 14.1. The molecule has 5 nitrogen and oxygen atoms in total. The minimum absolute atomic E-state index is 0.0635. The highest BCUT2D eigenvalue weighted by molar-refractivity contribution is 6.74. The minimum atomic E-state index is -2.04. The Balaban J connectivity index is 1.80. The van der Waals surface area contributed by atoms with Gasteiger partial charge in [-0.3, -0.25) is 4.79 Å². The van der Waals surface area contributed by atoms with E-state index in [1.807, 2.05) is 31.2 Å². The van der Waals surface area contributed by atoms with E-state index in [1.54, 1.807) is 19.4 Å². The lowest BCUT2D eigenvalue weighted by molar-refractivity contribution is -0.133. The minimum Gasteiger partial charge on any atom is -0.497 e. The lowest BCUT2D eigenvalue weighted by atomic mass is 9.79. The average Bonchev–Trinajstić information content (AvgIpc) is 3.09. The Morgan fingerprint density at radius 1 is 1.18 bits per heavy atom. The van der Waals surface area contributed by atoms with Crippen molar-refractivity contribution in [2.24, 2.45) is 5.92 Å². The highest BCUT2D eigenvalue weighted by Crippen LogP contribution is 2.49. The van der Waals surface area contributed by atoms with Gasteiger partial charge in [-0.2, -0.15) is 0 Å². The lowest BCUT2D eigenvalue weighted by Gasteiger charge is -2.42. The fourth-order valence-electron chi connectivity index (χ4n) is 3.57. The Bertz CT molecular complexity index is 749. The zero-order valence-corrected chi connectivity index (χ0v) is 18.9. The van der Waals surface area contributed by atoms with Crippen LogP contribution in [0.25, 0.3) is 0 Å². The first kappa shape index (κ1) is 21.1. The first-order chi connectivity index (χ1) is 13.0. The summed E-state index contributed by atoms with van der Waals surface area (Å²) in [7, 11) is -0.417. The number of benzene rings is 1. The molecule has 0 saturated carbocycles. The maximum absolute atomic E-state index is 13.0. The predicted octanol–water partition coefficient (Wildman–Crippen LogP) is 4.72. The van der Waals surface area contributed by atoms with Gasteiger partial charge in [0.1, 0.15) is 11.5 Å². The van der Waals surface area contributed by atoms with Crippen molar-refractivity contribution in [3.05, 3.63) is 36.6 Å². The molecule has 28 heavy (non-hydrogen) atoms. The van der Waals surface area contributed by atoms with E-state index >= 15 is 0 Å². The van der Waals surface area contributed by atoms with Gasteiger partial charge in [-0.05, 0) is 48.5 Å². The summed E-state index contributed by atoms with van der Waals surface area (Å²) in [5.41, 5.74) is -1.05. The highest BCUT2D eigenvalue weighted by atomic mass is 28.4. The summed E-state index contributed by atoms with van der Waals surface area (Å²) in [6.07, 6.45) is 3.70. The van der Waals surface area contributed by atoms with Crippen LogP contribution in [0, 0.1) is 5.92 Å². The molecule has 0 aromatic heterocycles. The summed E-state index contributed by atoms with van der Waals surface area (Å²) < 4.78 is 23.7. The van der Waals surface area contributed by atoms with Crippen molar-refractivity contribution < 1.29 is 23.4 Å². The summed E-state index contributed by atoms with van der Waals surface area (Å²) in [6.45, 7) is 13.0. The largest absolute Gasteiger partial charge is 0.497 e. The van der Waals surface area contributed by atoms with Gasteiger partial charge in [-0.15, -0.1) is 0 Å². The Labute approximate surface area is 169 Å². The second kappa shape index (κ2) is 7.32. The molecule has 0 unspecified atom stereocenters. The maximum atomic E-state index is 13.0. The molecule has 2 aliphatic heterocycles. The summed E-state index contributed by atoms with van der Waals surface area (Å²) in [4.78, 5) is 13.0. The highest BCUT2D eigenvalue weighted by Gasteiger charge is 2.64. The van der Waals surface area contributed by atoms with Crippen molar-refractivity contribution in [1.29, 1.82) is 0 Å². The third-order valence-electron chi connectivity index (χ3n) is 6.45. The molecule has 1 aromatic carbocycles. The van der Waals surface area contributed by atoms with Crippen LogP contribution in [0.15, 0.2) is 36.6 Å². The fraction of sp³-hybridized carbons (Fsp3) is 0.591. The molecule has 0 amide bonds. The molecule has 2 fully saturated rings. The number of carbonyl (C=O) groups excluding carboxylic acids is 1. The molecule has 3 rings (SSSR count). The number of fused-ring (bicyclic) bond motifs is 2. The van der Waals surface area contributed by atoms with Crippen LogP contribution in [0.5, 0.6) is 11.5 Å². The normalized spacial score (nSPS) is 30.2. The lowest BCUT2D eigenvalue weighted by Crippen LogP contribution is -2.54. The first-order valence-corrected chi connectivity index (χ1v) is 12.8. The van der Waals surface area contributed by atoms with E-state index in [1.165, 1.54) is 0 Å². The van der Waals surface area contributed by atoms with Crippen molar-refractivity contribution in [3.8, 4) is 11.5 Å². The Hall–Kier alpha value is -1.63. The zero-order valence-electron chi connectivity index (χ0n) is 17.9. The summed E-state index contributed by atoms with van der Waals surface area (Å²) in [5.74, 6) is 1.40. The van der Waals surface area contributed by atoms with E-state index in [-0.39, 0.29) is 28.9 Å². The Morgan fingerprint density at radius 2 is 1.79 bits per heavy atom. The SMILES string of the molecule is COc1ccc(O/C=C\[C@]23O[C@H](C[C@H]2O[Si](C)(C)C(C)(C)C)[C@H](C)C3=O)cc1. The molecule has 0 radical (unpaired) electrons. The molecule has 1 aromatic rings. The third kappa shape index (κ3) is 3.65. The Kier molecular flexibility index (Phi) is 5.51. The van der Waals surface area contributed by atoms with Crippen molar-refractivity contribution >= 4 is 14.1 Å². The average molecular weight is 405 g/mol. The Morgan fingerprint density at radius 3 is 2.32 bits per heavy atom. The van der Waals surface area contributed by atoms with Gasteiger partial charge >= 0.3 is 0 Å². The van der Waals surface area contributed by atoms with Crippen LogP contribution in [0.3, 0.4) is 0 Å². The van der Waals surface area contributed by atoms with Gasteiger partial charge in [0, 0.05) is 12.3 Å². The van der Waals surface area contributed by atoms with Gasteiger partial charge in [-0.1, -0.05) is 27.7 Å². The monoisotopic (exact) mass is 404 g/mol. The fourth-order valence-corrected chi connectivity index (χ4v) is 4.91. The number of hydrogen-bond donors (Lipinski definition) is 0. The van der Waals surface area contributed by atoms with Crippen LogP contribution in [0.1, 0.15) is 34.1 Å². The molecule has 2 heterocycles. The van der Waals surface area contributed by atoms with E-state index < -0.39 is 13.9 Å². The number of methoxy groups -OCH3 is 1. The molecule has 0 aliphatic carbocycles. The van der Waals surface area contributed by atoms with E-state index in [2.05, 4.69) is 33.9 Å². The standard InChI is InChI=1S/C22H32O5Si/c1-15-18-14-19(27-28(6,7)21(2,3)4)22(26-18,20(15)23)12-13-25-17-10-8-16(24-5)9-11-17/h8-13,15,18-19H,14H2,1-7H3/b13-12-/t15-,18+,19+,22-/m0/s1. The number of hydrogen-bond acceptors (Lipinski definition) is 5. The summed E-state index contributed by atoms with van der Waals surface area (Å²) in [6, 6.07) is 7.30. The molecular formula is C22H32O5Si. The van der Waals surface area contributed by atoms with Gasteiger partial charge in [0.25, 0.3) is 0 Å². The summed E-state index contributed by atoms with van der Waals surface area (Å²) >= 11 is 0. The van der Waals surface area contributed by atoms with Gasteiger partial charge in [-0.25, -0.2) is 0 Å². The van der Waals surface area contributed by atoms with Crippen molar-refractivity contribution in [1.82, 2.24) is 0 Å². The van der Waals surface area contributed by atoms with Gasteiger partial charge in [0.2, 0.25) is 0 Å². The molecule has 4 atom stereocenters. The first-order valence-electron chi connectivity index (χ1n) is 9.88. The van der Waals surface area contributed by atoms with Crippen molar-refractivity contribution in [3.63, 3.8) is 0 Å². The number of Topliss-reactive ketones (excluding diaryl/α,β-unsaturated/α-hetero) is 1. The quantitative estimate of drug-likeness (QED) is 0.507. The number of ketones is 1. The zero-order chi connectivity index (χ0) is 20.7. The van der Waals surface area contributed by atoms with Crippen molar-refractivity contribution in [2.75, 3.05) is 7.11 Å². The molecule has 2 saturated heterocycles. The van der Waals surface area contributed by atoms with Crippen LogP contribution in [-0.4, -0.2) is 39.0 Å². The predicted molar refractivity (Wildman–Crippen MR) is 111 cm³/mol. The number of ether oxygens (including phenoxy) is 3. The third-order valence-corrected chi connectivity index (χ3v) is 10.9. The molecule has 2 aliphatic rings. The molecule has 0 N–H and O–H groups in total. The molecule has 0 spiro atoms. The van der Waals surface area contributed by atoms with E-state index in [4.69, 9.17) is 18.6 Å². The van der Waals surface area contributed by atoms with Crippen LogP contribution in [0.4, 0.5) is 0 Å². The summed E-state index contributed by atoms with van der Waals surface area (Å²) in [5, 5.41) is 0.0635. The van der Waals surface area contributed by atoms with Crippen LogP contribution < -0.4 is 9.47 Å². The smallest absolute Gasteiger partial charge is 0.192 e. The maximum Gasteiger partial charge on any atom is 0.192 e. The van der Waals surface area contributed by atoms with E-state index in [9.17, 15) is 4.79 Å². The van der Waals surface area contributed by atoms with E-state index in [0.717, 1.165) is 12.2 Å². The van der Waals surface area contributed by atoms with Gasteiger partial charge in [0.05, 0.1) is 25.6 Å². The van der Waals surface area contributed by atoms with E-state index in [0.29, 0.717) is 5.75 Å². The molecular weight excluding hydrogens is 372 g/mol.